The molecule has 1 aromatic rings. The Morgan fingerprint density at radius 3 is 2.60 bits per heavy atom. The maximum atomic E-state index is 4.66. The molecule has 110 valence electrons. The van der Waals surface area contributed by atoms with E-state index < -0.39 is 0 Å². The molecule has 20 heavy (non-hydrogen) atoms. The second-order valence-electron chi connectivity index (χ2n) is 6.29. The van der Waals surface area contributed by atoms with Crippen LogP contribution in [0, 0.1) is 5.92 Å². The monoisotopic (exact) mass is 275 g/mol. The van der Waals surface area contributed by atoms with Gasteiger partial charge in [0, 0.05) is 19.1 Å². The van der Waals surface area contributed by atoms with Gasteiger partial charge in [-0.1, -0.05) is 26.2 Å². The van der Waals surface area contributed by atoms with Gasteiger partial charge in [0.05, 0.1) is 6.20 Å². The zero-order valence-electron chi connectivity index (χ0n) is 12.4. The van der Waals surface area contributed by atoms with Crippen LogP contribution in [0.25, 0.3) is 0 Å². The molecule has 0 amide bonds. The van der Waals surface area contributed by atoms with Crippen LogP contribution in [0.3, 0.4) is 0 Å². The van der Waals surface area contributed by atoms with Crippen LogP contribution in [0.2, 0.25) is 0 Å². The highest BCUT2D eigenvalue weighted by atomic mass is 15.3. The van der Waals surface area contributed by atoms with Crippen molar-refractivity contribution in [1.29, 1.82) is 0 Å². The van der Waals surface area contributed by atoms with E-state index in [1.165, 1.54) is 44.9 Å². The Labute approximate surface area is 121 Å². The molecule has 0 unspecified atom stereocenters. The molecule has 1 N–H and O–H groups in total. The summed E-state index contributed by atoms with van der Waals surface area (Å²) in [7, 11) is 0. The molecule has 3 rings (SSSR count). The molecule has 1 aliphatic heterocycles. The van der Waals surface area contributed by atoms with Gasteiger partial charge in [0.25, 0.3) is 0 Å². The van der Waals surface area contributed by atoms with Crippen molar-refractivity contribution in [3.05, 3.63) is 6.20 Å². The molecule has 0 radical (unpaired) electrons. The Bertz CT molecular complexity index is 422. The molecule has 0 bridgehead atoms. The van der Waals surface area contributed by atoms with Crippen molar-refractivity contribution in [2.24, 2.45) is 5.92 Å². The molecule has 1 aromatic heterocycles. The van der Waals surface area contributed by atoms with E-state index in [9.17, 15) is 0 Å². The summed E-state index contributed by atoms with van der Waals surface area (Å²) in [6.07, 6.45) is 10.7. The summed E-state index contributed by atoms with van der Waals surface area (Å²) in [6.45, 7) is 4.42. The highest BCUT2D eigenvalue weighted by molar-refractivity contribution is 5.40. The van der Waals surface area contributed by atoms with Crippen molar-refractivity contribution >= 4 is 11.8 Å². The van der Waals surface area contributed by atoms with Gasteiger partial charge in [0.15, 0.2) is 5.82 Å². The SMILES string of the molecule is CC1CCN(c2nncc(NC3CCCCC3)n2)CC1. The van der Waals surface area contributed by atoms with Crippen LogP contribution in [0.4, 0.5) is 11.8 Å². The topological polar surface area (TPSA) is 53.9 Å². The van der Waals surface area contributed by atoms with Gasteiger partial charge in [-0.2, -0.15) is 10.1 Å². The quantitative estimate of drug-likeness (QED) is 0.919. The molecule has 5 heteroatoms. The minimum absolute atomic E-state index is 0.565. The number of hydrogen-bond donors (Lipinski definition) is 1. The third-order valence-electron chi connectivity index (χ3n) is 4.57. The molecule has 2 aliphatic rings. The number of piperidine rings is 1. The fraction of sp³-hybridized carbons (Fsp3) is 0.800. The van der Waals surface area contributed by atoms with Crippen molar-refractivity contribution in [3.63, 3.8) is 0 Å². The Balaban J connectivity index is 1.63. The number of hydrogen-bond acceptors (Lipinski definition) is 5. The van der Waals surface area contributed by atoms with E-state index in [-0.39, 0.29) is 0 Å². The smallest absolute Gasteiger partial charge is 0.247 e. The van der Waals surface area contributed by atoms with E-state index in [1.54, 1.807) is 6.20 Å². The van der Waals surface area contributed by atoms with Gasteiger partial charge in [0.1, 0.15) is 0 Å². The van der Waals surface area contributed by atoms with Gasteiger partial charge in [-0.25, -0.2) is 0 Å². The van der Waals surface area contributed by atoms with Gasteiger partial charge < -0.3 is 10.2 Å². The third kappa shape index (κ3) is 3.38. The number of rotatable bonds is 3. The van der Waals surface area contributed by atoms with E-state index in [4.69, 9.17) is 0 Å². The van der Waals surface area contributed by atoms with E-state index >= 15 is 0 Å². The third-order valence-corrected chi connectivity index (χ3v) is 4.57. The highest BCUT2D eigenvalue weighted by Crippen LogP contribution is 2.23. The van der Waals surface area contributed by atoms with Gasteiger partial charge in [0.2, 0.25) is 5.95 Å². The minimum atomic E-state index is 0.565. The van der Waals surface area contributed by atoms with Crippen LogP contribution in [0.5, 0.6) is 0 Å². The number of nitrogens with zero attached hydrogens (tertiary/aromatic N) is 4. The lowest BCUT2D eigenvalue weighted by molar-refractivity contribution is 0.433. The Morgan fingerprint density at radius 2 is 1.85 bits per heavy atom. The molecule has 1 saturated heterocycles. The number of aromatic nitrogens is 3. The summed E-state index contributed by atoms with van der Waals surface area (Å²) in [6, 6.07) is 0.565. The average Bonchev–Trinajstić information content (AvgIpc) is 2.49. The molecular formula is C15H25N5. The van der Waals surface area contributed by atoms with Crippen LogP contribution in [0.1, 0.15) is 51.9 Å². The fourth-order valence-corrected chi connectivity index (χ4v) is 3.16. The first-order chi connectivity index (χ1) is 9.81. The van der Waals surface area contributed by atoms with Crippen molar-refractivity contribution < 1.29 is 0 Å². The second kappa shape index (κ2) is 6.37. The van der Waals surface area contributed by atoms with E-state index in [1.807, 2.05) is 0 Å². The fourth-order valence-electron chi connectivity index (χ4n) is 3.16. The molecule has 0 spiro atoms. The minimum Gasteiger partial charge on any atom is -0.366 e. The molecule has 0 aromatic carbocycles. The second-order valence-corrected chi connectivity index (χ2v) is 6.29. The molecular weight excluding hydrogens is 250 g/mol. The predicted octanol–water partition coefficient (Wildman–Crippen LogP) is 2.85. The average molecular weight is 275 g/mol. The van der Waals surface area contributed by atoms with Gasteiger partial charge in [-0.15, -0.1) is 5.10 Å². The lowest BCUT2D eigenvalue weighted by Gasteiger charge is -2.30. The molecule has 2 fully saturated rings. The number of anilines is 2. The molecule has 0 atom stereocenters. The van der Waals surface area contributed by atoms with Crippen LogP contribution in [0.15, 0.2) is 6.20 Å². The predicted molar refractivity (Wildman–Crippen MR) is 80.9 cm³/mol. The summed E-state index contributed by atoms with van der Waals surface area (Å²) in [5.41, 5.74) is 0. The largest absolute Gasteiger partial charge is 0.366 e. The normalized spacial score (nSPS) is 21.9. The molecule has 1 saturated carbocycles. The van der Waals surface area contributed by atoms with Gasteiger partial charge in [-0.3, -0.25) is 0 Å². The van der Waals surface area contributed by atoms with Gasteiger partial charge in [-0.05, 0) is 31.6 Å². The lowest BCUT2D eigenvalue weighted by atomic mass is 9.96. The molecule has 5 nitrogen and oxygen atoms in total. The van der Waals surface area contributed by atoms with Crippen molar-refractivity contribution in [3.8, 4) is 0 Å². The first-order valence-corrected chi connectivity index (χ1v) is 8.02. The van der Waals surface area contributed by atoms with Crippen molar-refractivity contribution in [2.45, 2.75) is 57.9 Å². The Hall–Kier alpha value is -1.39. The lowest BCUT2D eigenvalue weighted by Crippen LogP contribution is -2.34. The number of nitrogens with one attached hydrogen (secondary N) is 1. The van der Waals surface area contributed by atoms with Gasteiger partial charge >= 0.3 is 0 Å². The summed E-state index contributed by atoms with van der Waals surface area (Å²) in [5.74, 6) is 2.50. The molecule has 2 heterocycles. The summed E-state index contributed by atoms with van der Waals surface area (Å²) in [4.78, 5) is 6.92. The maximum Gasteiger partial charge on any atom is 0.247 e. The van der Waals surface area contributed by atoms with Crippen LogP contribution in [-0.2, 0) is 0 Å². The van der Waals surface area contributed by atoms with Crippen LogP contribution >= 0.6 is 0 Å². The summed E-state index contributed by atoms with van der Waals surface area (Å²) >= 11 is 0. The zero-order chi connectivity index (χ0) is 13.8. The summed E-state index contributed by atoms with van der Waals surface area (Å²) in [5, 5.41) is 11.9. The van der Waals surface area contributed by atoms with E-state index in [0.29, 0.717) is 6.04 Å². The summed E-state index contributed by atoms with van der Waals surface area (Å²) < 4.78 is 0. The first kappa shape index (κ1) is 13.6. The Morgan fingerprint density at radius 1 is 1.10 bits per heavy atom. The maximum absolute atomic E-state index is 4.66. The Kier molecular flexibility index (Phi) is 4.33. The zero-order valence-corrected chi connectivity index (χ0v) is 12.4. The van der Waals surface area contributed by atoms with E-state index in [2.05, 4.69) is 32.3 Å². The van der Waals surface area contributed by atoms with Crippen molar-refractivity contribution in [2.75, 3.05) is 23.3 Å². The standard InChI is InChI=1S/C15H25N5/c1-12-7-9-20(10-8-12)15-18-14(11-16-19-15)17-13-5-3-2-4-6-13/h11-13H,2-10H2,1H3,(H,17,18,19). The highest BCUT2D eigenvalue weighted by Gasteiger charge is 2.19. The molecule has 1 aliphatic carbocycles. The van der Waals surface area contributed by atoms with Crippen molar-refractivity contribution in [1.82, 2.24) is 15.2 Å². The van der Waals surface area contributed by atoms with E-state index in [0.717, 1.165) is 30.8 Å². The van der Waals surface area contributed by atoms with Crippen LogP contribution < -0.4 is 10.2 Å². The van der Waals surface area contributed by atoms with Crippen LogP contribution in [-0.4, -0.2) is 34.3 Å². The first-order valence-electron chi connectivity index (χ1n) is 8.02.